The van der Waals surface area contributed by atoms with Crippen LogP contribution in [0.1, 0.15) is 37.8 Å². The van der Waals surface area contributed by atoms with Gasteiger partial charge in [0, 0.05) is 59.1 Å². The van der Waals surface area contributed by atoms with Crippen LogP contribution in [0.3, 0.4) is 0 Å². The number of thioether (sulfide) groups is 1. The van der Waals surface area contributed by atoms with E-state index >= 15 is 0 Å². The number of halogens is 3. The Balaban J connectivity index is 0.000000188. The number of rotatable bonds is 10. The zero-order valence-corrected chi connectivity index (χ0v) is 32.1. The number of aromatic nitrogens is 1. The topological polar surface area (TPSA) is 68.4 Å². The molecule has 0 unspecified atom stereocenters. The van der Waals surface area contributed by atoms with Gasteiger partial charge < -0.3 is 14.5 Å². The van der Waals surface area contributed by atoms with E-state index in [1.807, 2.05) is 67.7 Å². The summed E-state index contributed by atoms with van der Waals surface area (Å²) in [6, 6.07) is 26.4. The summed E-state index contributed by atoms with van der Waals surface area (Å²) in [7, 11) is 0. The van der Waals surface area contributed by atoms with E-state index in [1.165, 1.54) is 11.1 Å². The maximum absolute atomic E-state index is 11.5. The second-order valence-electron chi connectivity index (χ2n) is 10.6. The van der Waals surface area contributed by atoms with Gasteiger partial charge in [-0.05, 0) is 78.9 Å². The van der Waals surface area contributed by atoms with Gasteiger partial charge >= 0.3 is 11.9 Å². The largest absolute Gasteiger partial charge is 0.466 e. The van der Waals surface area contributed by atoms with Crippen LogP contribution in [0.15, 0.2) is 101 Å². The van der Waals surface area contributed by atoms with Crippen molar-refractivity contribution in [1.82, 2.24) is 4.98 Å². The molecule has 0 saturated carbocycles. The third-order valence-electron chi connectivity index (χ3n) is 7.38. The van der Waals surface area contributed by atoms with Crippen LogP contribution in [0.25, 0.3) is 39.2 Å². The highest BCUT2D eigenvalue weighted by Crippen LogP contribution is 2.41. The minimum atomic E-state index is -0.164. The van der Waals surface area contributed by atoms with Crippen molar-refractivity contribution in [2.24, 2.45) is 0 Å². The molecule has 1 aromatic heterocycles. The number of carbonyl (C=O) groups excluding carboxylic acids is 2. The van der Waals surface area contributed by atoms with E-state index in [0.717, 1.165) is 59.0 Å². The predicted molar refractivity (Wildman–Crippen MR) is 213 cm³/mol. The highest BCUT2D eigenvalue weighted by molar-refractivity contribution is 9.10. The average molecular weight is 800 g/mol. The molecule has 49 heavy (non-hydrogen) atoms. The molecule has 0 fully saturated rings. The van der Waals surface area contributed by atoms with Gasteiger partial charge in [-0.1, -0.05) is 93.7 Å². The summed E-state index contributed by atoms with van der Waals surface area (Å²) >= 11 is 21.9. The molecule has 0 bridgehead atoms. The number of thiol groups is 1. The van der Waals surface area contributed by atoms with Crippen molar-refractivity contribution >= 4 is 92.4 Å². The number of H-pyrrole nitrogens is 1. The highest BCUT2D eigenvalue weighted by atomic mass is 79.9. The first-order chi connectivity index (χ1) is 23.8. The van der Waals surface area contributed by atoms with E-state index in [2.05, 4.69) is 74.7 Å². The van der Waals surface area contributed by atoms with Gasteiger partial charge in [0.05, 0.1) is 26.1 Å². The van der Waals surface area contributed by atoms with Gasteiger partial charge in [0.25, 0.3) is 0 Å². The summed E-state index contributed by atoms with van der Waals surface area (Å²) in [5, 5.41) is 2.63. The van der Waals surface area contributed by atoms with Crippen molar-refractivity contribution in [3.63, 3.8) is 0 Å². The van der Waals surface area contributed by atoms with E-state index < -0.39 is 0 Å². The molecule has 0 saturated heterocycles. The molecular weight excluding hydrogens is 761 g/mol. The third-order valence-corrected chi connectivity index (χ3v) is 10.0. The second kappa shape index (κ2) is 19.9. The Bertz CT molecular complexity index is 1900. The number of carbonyl (C=O) groups is 2. The maximum Gasteiger partial charge on any atom is 0.306 e. The molecule has 5 nitrogen and oxygen atoms in total. The first-order valence-electron chi connectivity index (χ1n) is 15.9. The van der Waals surface area contributed by atoms with Crippen LogP contribution in [-0.4, -0.2) is 41.6 Å². The SMILES string of the molecule is CCOC(=O)CCS.CCOC(=O)CCSc1ccccc1-c1c(Cl)ccc2[nH]ccc12.Clc1ccc2c(c1-c1ccccc1Br)C=CC2. The number of hydrogen-bond acceptors (Lipinski definition) is 6. The molecular formula is C39H38BrCl2NO4S2. The molecule has 1 heterocycles. The lowest BCUT2D eigenvalue weighted by molar-refractivity contribution is -0.143. The van der Waals surface area contributed by atoms with Gasteiger partial charge in [0.15, 0.2) is 0 Å². The minimum Gasteiger partial charge on any atom is -0.466 e. The summed E-state index contributed by atoms with van der Waals surface area (Å²) in [5.41, 5.74) is 8.05. The Kier molecular flexibility index (Phi) is 15.7. The lowest BCUT2D eigenvalue weighted by Gasteiger charge is -2.12. The number of nitrogens with one attached hydrogen (secondary N) is 1. The smallest absolute Gasteiger partial charge is 0.306 e. The molecule has 6 rings (SSSR count). The molecule has 1 N–H and O–H groups in total. The van der Waals surface area contributed by atoms with E-state index in [1.54, 1.807) is 18.7 Å². The number of esters is 2. The van der Waals surface area contributed by atoms with Crippen LogP contribution < -0.4 is 0 Å². The Morgan fingerprint density at radius 3 is 2.20 bits per heavy atom. The van der Waals surface area contributed by atoms with Crippen molar-refractivity contribution < 1.29 is 19.1 Å². The third kappa shape index (κ3) is 10.7. The minimum absolute atomic E-state index is 0.159. The van der Waals surface area contributed by atoms with Gasteiger partial charge in [-0.15, -0.1) is 11.8 Å². The number of ether oxygens (including phenoxy) is 2. The summed E-state index contributed by atoms with van der Waals surface area (Å²) in [6.45, 7) is 4.49. The quantitative estimate of drug-likeness (QED) is 0.0837. The van der Waals surface area contributed by atoms with Crippen LogP contribution >= 0.6 is 63.5 Å². The first-order valence-corrected chi connectivity index (χ1v) is 19.1. The van der Waals surface area contributed by atoms with Crippen LogP contribution in [0.2, 0.25) is 10.0 Å². The number of benzene rings is 4. The molecule has 0 atom stereocenters. The summed E-state index contributed by atoms with van der Waals surface area (Å²) < 4.78 is 10.7. The number of fused-ring (bicyclic) bond motifs is 2. The number of aromatic amines is 1. The maximum atomic E-state index is 11.5. The Hall–Kier alpha value is -3.14. The second-order valence-corrected chi connectivity index (χ2v) is 13.9. The van der Waals surface area contributed by atoms with Crippen molar-refractivity contribution in [3.8, 4) is 22.3 Å². The summed E-state index contributed by atoms with van der Waals surface area (Å²) in [4.78, 5) is 26.2. The van der Waals surface area contributed by atoms with Gasteiger partial charge in [0.1, 0.15) is 0 Å². The summed E-state index contributed by atoms with van der Waals surface area (Å²) in [5.74, 6) is 0.922. The number of allylic oxidation sites excluding steroid dienone is 1. The molecule has 1 aliphatic rings. The molecule has 0 amide bonds. The molecule has 5 aromatic rings. The normalized spacial score (nSPS) is 11.2. The lowest BCUT2D eigenvalue weighted by Crippen LogP contribution is -2.04. The average Bonchev–Trinajstić information content (AvgIpc) is 3.77. The van der Waals surface area contributed by atoms with Crippen LogP contribution in [0.4, 0.5) is 0 Å². The zero-order valence-electron chi connectivity index (χ0n) is 27.3. The fourth-order valence-corrected chi connectivity index (χ4v) is 7.42. The molecule has 10 heteroatoms. The highest BCUT2D eigenvalue weighted by Gasteiger charge is 2.17. The van der Waals surface area contributed by atoms with Crippen molar-refractivity contribution in [1.29, 1.82) is 0 Å². The van der Waals surface area contributed by atoms with Crippen molar-refractivity contribution in [3.05, 3.63) is 117 Å². The molecule has 4 aromatic carbocycles. The van der Waals surface area contributed by atoms with E-state index in [4.69, 9.17) is 27.9 Å². The Morgan fingerprint density at radius 1 is 0.837 bits per heavy atom. The lowest BCUT2D eigenvalue weighted by atomic mass is 9.97. The van der Waals surface area contributed by atoms with Gasteiger partial charge in [-0.25, -0.2) is 0 Å². The van der Waals surface area contributed by atoms with Crippen molar-refractivity contribution in [2.45, 2.75) is 38.0 Å². The van der Waals surface area contributed by atoms with Crippen LogP contribution in [-0.2, 0) is 25.5 Å². The van der Waals surface area contributed by atoms with E-state index in [-0.39, 0.29) is 11.9 Å². The van der Waals surface area contributed by atoms with Gasteiger partial charge in [0.2, 0.25) is 0 Å². The molecule has 1 aliphatic carbocycles. The van der Waals surface area contributed by atoms with Gasteiger partial charge in [-0.2, -0.15) is 12.6 Å². The van der Waals surface area contributed by atoms with E-state index in [0.29, 0.717) is 37.6 Å². The Labute approximate surface area is 316 Å². The fourth-order valence-electron chi connectivity index (χ4n) is 5.23. The van der Waals surface area contributed by atoms with Gasteiger partial charge in [-0.3, -0.25) is 9.59 Å². The molecule has 0 aliphatic heterocycles. The fraction of sp³-hybridized carbons (Fsp3) is 0.231. The van der Waals surface area contributed by atoms with Crippen molar-refractivity contribution in [2.75, 3.05) is 24.7 Å². The first kappa shape index (κ1) is 38.7. The zero-order chi connectivity index (χ0) is 35.2. The molecule has 0 radical (unpaired) electrons. The monoisotopic (exact) mass is 797 g/mol. The van der Waals surface area contributed by atoms with Crippen LogP contribution in [0, 0.1) is 0 Å². The molecule has 0 spiro atoms. The Morgan fingerprint density at radius 2 is 1.49 bits per heavy atom. The number of hydrogen-bond donors (Lipinski definition) is 2. The van der Waals surface area contributed by atoms with Crippen LogP contribution in [0.5, 0.6) is 0 Å². The predicted octanol–water partition coefficient (Wildman–Crippen LogP) is 11.7. The molecule has 256 valence electrons. The van der Waals surface area contributed by atoms with E-state index in [9.17, 15) is 9.59 Å². The summed E-state index contributed by atoms with van der Waals surface area (Å²) in [6.07, 6.45) is 8.08. The standard InChI is InChI=1S/C19H18ClNO2S.C15H10BrCl.C5H10O2S/c1-2-23-18(22)10-12-24-17-6-4-3-5-14(17)19-13-9-11-21-16(13)8-7-15(19)20;16-13-7-2-1-5-12(13)15-11-6-3-4-10(11)8-9-14(15)17;1-2-7-5(6)3-4-8/h3-9,11,21H,2,10,12H2,1H3;1-3,5-9H,4H2;8H,2-4H2,1H3.